The highest BCUT2D eigenvalue weighted by molar-refractivity contribution is 6.31. The first-order valence-corrected chi connectivity index (χ1v) is 10.5. The summed E-state index contributed by atoms with van der Waals surface area (Å²) in [7, 11) is 0. The van der Waals surface area contributed by atoms with Crippen molar-refractivity contribution in [2.45, 2.75) is 45.3 Å². The summed E-state index contributed by atoms with van der Waals surface area (Å²) in [6.07, 6.45) is 0.614. The van der Waals surface area contributed by atoms with Crippen LogP contribution in [0.25, 0.3) is 0 Å². The van der Waals surface area contributed by atoms with Gasteiger partial charge in [0.15, 0.2) is 5.78 Å². The number of hydrogen-bond donors (Lipinski definition) is 2. The Hall–Kier alpha value is -3.19. The lowest BCUT2D eigenvalue weighted by Crippen LogP contribution is -2.44. The van der Waals surface area contributed by atoms with Gasteiger partial charge in [-0.1, -0.05) is 29.8 Å². The Kier molecular flexibility index (Phi) is 5.78. The molecule has 8 heteroatoms. The van der Waals surface area contributed by atoms with E-state index in [1.807, 2.05) is 19.1 Å². The number of benzene rings is 2. The molecule has 7 nitrogen and oxygen atoms in total. The number of hydrogen-bond acceptors (Lipinski definition) is 4. The number of aryl methyl sites for hydroxylation is 1. The molecule has 0 aromatic heterocycles. The Labute approximate surface area is 184 Å². The summed E-state index contributed by atoms with van der Waals surface area (Å²) in [6, 6.07) is 9.77. The number of Topliss-reactive ketones (excluding diaryl/α,β-unsaturated/α-hetero) is 2. The molecule has 1 unspecified atom stereocenters. The van der Waals surface area contributed by atoms with Crippen LogP contribution in [0.4, 0.5) is 10.5 Å². The zero-order valence-electron chi connectivity index (χ0n) is 17.0. The maximum Gasteiger partial charge on any atom is 0.319 e. The van der Waals surface area contributed by atoms with Gasteiger partial charge in [0.1, 0.15) is 5.78 Å². The van der Waals surface area contributed by atoms with Crippen molar-refractivity contribution < 1.29 is 19.2 Å². The molecule has 1 fully saturated rings. The SMILES string of the molecule is Cc1ccc(NC(=O)NCc2ccc3c(c2)CN(C2CCC(=O)CC2=O)C3=O)cc1Cl. The van der Waals surface area contributed by atoms with Crippen molar-refractivity contribution in [1.82, 2.24) is 10.2 Å². The standard InChI is InChI=1S/C23H22ClN3O4/c1-13-2-4-16(9-19(13)24)26-23(31)25-11-14-3-6-18-15(8-14)12-27(22(18)30)20-7-5-17(28)10-21(20)29/h2-4,6,8-9,20H,5,7,10-12H2,1H3,(H2,25,26,31). The van der Waals surface area contributed by atoms with Crippen molar-refractivity contribution in [3.05, 3.63) is 63.7 Å². The minimum Gasteiger partial charge on any atom is -0.334 e. The fourth-order valence-electron chi connectivity index (χ4n) is 3.98. The van der Waals surface area contributed by atoms with Crippen molar-refractivity contribution in [2.24, 2.45) is 0 Å². The number of fused-ring (bicyclic) bond motifs is 1. The molecule has 2 N–H and O–H groups in total. The molecule has 1 heterocycles. The van der Waals surface area contributed by atoms with Gasteiger partial charge in [-0.15, -0.1) is 0 Å². The third-order valence-corrected chi connectivity index (χ3v) is 6.11. The predicted octanol–water partition coefficient (Wildman–Crippen LogP) is 3.62. The van der Waals surface area contributed by atoms with Crippen molar-refractivity contribution in [1.29, 1.82) is 0 Å². The summed E-state index contributed by atoms with van der Waals surface area (Å²) in [5, 5.41) is 6.10. The first kappa shape index (κ1) is 21.1. The van der Waals surface area contributed by atoms with E-state index < -0.39 is 6.04 Å². The molecule has 0 radical (unpaired) electrons. The second-order valence-electron chi connectivity index (χ2n) is 7.93. The molecule has 0 spiro atoms. The Morgan fingerprint density at radius 1 is 1.16 bits per heavy atom. The van der Waals surface area contributed by atoms with Gasteiger partial charge in [0, 0.05) is 35.8 Å². The van der Waals surface area contributed by atoms with Crippen LogP contribution in [0, 0.1) is 6.92 Å². The largest absolute Gasteiger partial charge is 0.334 e. The lowest BCUT2D eigenvalue weighted by atomic mass is 9.92. The van der Waals surface area contributed by atoms with Gasteiger partial charge in [0.25, 0.3) is 5.91 Å². The number of nitrogens with zero attached hydrogens (tertiary/aromatic N) is 1. The highest BCUT2D eigenvalue weighted by atomic mass is 35.5. The topological polar surface area (TPSA) is 95.6 Å². The van der Waals surface area contributed by atoms with Gasteiger partial charge in [-0.25, -0.2) is 4.79 Å². The number of urea groups is 1. The summed E-state index contributed by atoms with van der Waals surface area (Å²) < 4.78 is 0. The predicted molar refractivity (Wildman–Crippen MR) is 116 cm³/mol. The normalized spacial score (nSPS) is 18.2. The number of carbonyl (C=O) groups excluding carboxylic acids is 4. The molecule has 2 aliphatic rings. The lowest BCUT2D eigenvalue weighted by molar-refractivity contribution is -0.133. The van der Waals surface area contributed by atoms with Gasteiger partial charge in [-0.2, -0.15) is 0 Å². The lowest BCUT2D eigenvalue weighted by Gasteiger charge is -2.29. The van der Waals surface area contributed by atoms with Crippen LogP contribution in [0.2, 0.25) is 5.02 Å². The Balaban J connectivity index is 1.38. The van der Waals surface area contributed by atoms with E-state index in [-0.39, 0.29) is 36.5 Å². The van der Waals surface area contributed by atoms with Crippen LogP contribution in [-0.4, -0.2) is 34.4 Å². The van der Waals surface area contributed by atoms with E-state index in [4.69, 9.17) is 11.6 Å². The molecule has 31 heavy (non-hydrogen) atoms. The van der Waals surface area contributed by atoms with E-state index in [1.165, 1.54) is 0 Å². The van der Waals surface area contributed by atoms with E-state index in [0.717, 1.165) is 16.7 Å². The molecule has 3 amide bonds. The number of rotatable bonds is 4. The van der Waals surface area contributed by atoms with Crippen molar-refractivity contribution >= 4 is 40.8 Å². The Bertz CT molecular complexity index is 1100. The van der Waals surface area contributed by atoms with Gasteiger partial charge in [0.05, 0.1) is 12.5 Å². The quantitative estimate of drug-likeness (QED) is 0.711. The van der Waals surface area contributed by atoms with E-state index in [9.17, 15) is 19.2 Å². The van der Waals surface area contributed by atoms with E-state index in [1.54, 1.807) is 29.2 Å². The fourth-order valence-corrected chi connectivity index (χ4v) is 4.16. The maximum atomic E-state index is 12.8. The summed E-state index contributed by atoms with van der Waals surface area (Å²) in [6.45, 7) is 2.50. The summed E-state index contributed by atoms with van der Waals surface area (Å²) in [5.74, 6) is -0.437. The van der Waals surface area contributed by atoms with Gasteiger partial charge in [0.2, 0.25) is 0 Å². The minimum atomic E-state index is -0.536. The average molecular weight is 440 g/mol. The maximum absolute atomic E-state index is 12.8. The first-order valence-electron chi connectivity index (χ1n) is 10.1. The molecule has 1 saturated carbocycles. The number of carbonyl (C=O) groups is 4. The van der Waals surface area contributed by atoms with Gasteiger partial charge in [-0.05, 0) is 48.2 Å². The van der Waals surface area contributed by atoms with Crippen LogP contribution < -0.4 is 10.6 Å². The van der Waals surface area contributed by atoms with Crippen molar-refractivity contribution in [2.75, 3.05) is 5.32 Å². The van der Waals surface area contributed by atoms with Crippen LogP contribution >= 0.6 is 11.6 Å². The summed E-state index contributed by atoms with van der Waals surface area (Å²) in [5.41, 5.74) is 3.75. The number of anilines is 1. The van der Waals surface area contributed by atoms with Crippen LogP contribution in [0.5, 0.6) is 0 Å². The molecular formula is C23H22ClN3O4. The van der Waals surface area contributed by atoms with Crippen LogP contribution in [-0.2, 0) is 22.7 Å². The molecule has 0 bridgehead atoms. The minimum absolute atomic E-state index is 0.0649. The molecule has 160 valence electrons. The Morgan fingerprint density at radius 3 is 2.71 bits per heavy atom. The molecule has 4 rings (SSSR count). The molecular weight excluding hydrogens is 418 g/mol. The summed E-state index contributed by atoms with van der Waals surface area (Å²) in [4.78, 5) is 50.2. The third kappa shape index (κ3) is 4.46. The van der Waals surface area contributed by atoms with Crippen molar-refractivity contribution in [3.63, 3.8) is 0 Å². The number of halogens is 1. The molecule has 2 aromatic rings. The molecule has 1 aliphatic carbocycles. The van der Waals surface area contributed by atoms with Crippen molar-refractivity contribution in [3.8, 4) is 0 Å². The number of nitrogens with one attached hydrogen (secondary N) is 2. The Morgan fingerprint density at radius 2 is 1.97 bits per heavy atom. The molecule has 1 atom stereocenters. The second kappa shape index (κ2) is 8.51. The first-order chi connectivity index (χ1) is 14.8. The van der Waals surface area contributed by atoms with Gasteiger partial charge in [-0.3, -0.25) is 14.4 Å². The second-order valence-corrected chi connectivity index (χ2v) is 8.34. The zero-order valence-corrected chi connectivity index (χ0v) is 17.8. The number of amides is 3. The fraction of sp³-hybridized carbons (Fsp3) is 0.304. The number of ketones is 2. The summed E-state index contributed by atoms with van der Waals surface area (Å²) >= 11 is 6.08. The monoisotopic (exact) mass is 439 g/mol. The third-order valence-electron chi connectivity index (χ3n) is 5.70. The van der Waals surface area contributed by atoms with Crippen LogP contribution in [0.15, 0.2) is 36.4 Å². The van der Waals surface area contributed by atoms with Crippen LogP contribution in [0.3, 0.4) is 0 Å². The molecule has 0 saturated heterocycles. The van der Waals surface area contributed by atoms with Gasteiger partial charge < -0.3 is 15.5 Å². The smallest absolute Gasteiger partial charge is 0.319 e. The highest BCUT2D eigenvalue weighted by Gasteiger charge is 2.38. The van der Waals surface area contributed by atoms with E-state index >= 15 is 0 Å². The van der Waals surface area contributed by atoms with Gasteiger partial charge >= 0.3 is 6.03 Å². The zero-order chi connectivity index (χ0) is 22.1. The van der Waals surface area contributed by atoms with E-state index in [0.29, 0.717) is 35.7 Å². The van der Waals surface area contributed by atoms with E-state index in [2.05, 4.69) is 10.6 Å². The molecule has 2 aromatic carbocycles. The average Bonchev–Trinajstić information content (AvgIpc) is 3.05. The van der Waals surface area contributed by atoms with Crippen LogP contribution in [0.1, 0.15) is 46.3 Å². The molecule has 1 aliphatic heterocycles. The highest BCUT2D eigenvalue weighted by Crippen LogP contribution is 2.29.